The van der Waals surface area contributed by atoms with Gasteiger partial charge in [0.25, 0.3) is 0 Å². The molecule has 0 aliphatic carbocycles. The van der Waals surface area contributed by atoms with Gasteiger partial charge in [-0.3, -0.25) is 0 Å². The van der Waals surface area contributed by atoms with Gasteiger partial charge in [-0.25, -0.2) is 14.3 Å². The largest absolute Gasteiger partial charge is 0.494 e. The molecule has 45 heavy (non-hydrogen) atoms. The number of nitrogens with one attached hydrogen (secondary N) is 1. The number of ether oxygens (including phenoxy) is 3. The fraction of sp³-hybridized carbons (Fsp3) is 0.432. The molecule has 2 heterocycles. The Morgan fingerprint density at radius 3 is 1.87 bits per heavy atom. The highest BCUT2D eigenvalue weighted by Gasteiger charge is 2.42. The number of carbonyl (C=O) groups is 2. The van der Waals surface area contributed by atoms with E-state index in [0.717, 1.165) is 23.4 Å². The van der Waals surface area contributed by atoms with Crippen molar-refractivity contribution in [2.45, 2.75) is 92.8 Å². The number of dihydropyridines is 1. The standard InChI is InChI=1S/C37H47N3O5/c1-23(2)20-21-43-28-18-16-26(17-19-28)33-29(22-40(39-33)27-14-12-11-13-15-27)32-30(34(41)44-36(5,6)7)24(3)38-25(4)31(32)35(42)45-37(8,9)10/h11-19,22-23,32,38H,20-21H2,1-10H3. The van der Waals surface area contributed by atoms with Gasteiger partial charge in [-0.15, -0.1) is 0 Å². The van der Waals surface area contributed by atoms with E-state index in [-0.39, 0.29) is 0 Å². The van der Waals surface area contributed by atoms with Crippen molar-refractivity contribution in [2.24, 2.45) is 5.92 Å². The van der Waals surface area contributed by atoms with E-state index in [2.05, 4.69) is 19.2 Å². The Morgan fingerprint density at radius 1 is 0.844 bits per heavy atom. The van der Waals surface area contributed by atoms with Gasteiger partial charge >= 0.3 is 11.9 Å². The fourth-order valence-corrected chi connectivity index (χ4v) is 5.17. The number of allylic oxidation sites excluding steroid dienone is 2. The normalized spacial score (nSPS) is 14.5. The topological polar surface area (TPSA) is 91.7 Å². The lowest BCUT2D eigenvalue weighted by molar-refractivity contribution is -0.150. The van der Waals surface area contributed by atoms with Crippen LogP contribution in [0.3, 0.4) is 0 Å². The SMILES string of the molecule is CC1=C(C(=O)OC(C)(C)C)C(c2cn(-c3ccccc3)nc2-c2ccc(OCCC(C)C)cc2)C(C(=O)OC(C)(C)C)=C(C)N1. The van der Waals surface area contributed by atoms with Crippen LogP contribution in [0, 0.1) is 5.92 Å². The number of carbonyl (C=O) groups excluding carboxylic acids is 2. The summed E-state index contributed by atoms with van der Waals surface area (Å²) in [6, 6.07) is 17.5. The summed E-state index contributed by atoms with van der Waals surface area (Å²) < 4.78 is 19.6. The minimum Gasteiger partial charge on any atom is -0.494 e. The first-order valence-corrected chi connectivity index (χ1v) is 15.6. The summed E-state index contributed by atoms with van der Waals surface area (Å²) in [4.78, 5) is 27.9. The maximum Gasteiger partial charge on any atom is 0.337 e. The van der Waals surface area contributed by atoms with Crippen LogP contribution in [0.4, 0.5) is 0 Å². The Labute approximate surface area is 267 Å². The molecule has 8 nitrogen and oxygen atoms in total. The third kappa shape index (κ3) is 8.44. The number of benzene rings is 2. The van der Waals surface area contributed by atoms with Crippen molar-refractivity contribution in [1.82, 2.24) is 15.1 Å². The lowest BCUT2D eigenvalue weighted by atomic mass is 9.79. The van der Waals surface area contributed by atoms with E-state index < -0.39 is 29.1 Å². The predicted octanol–water partition coefficient (Wildman–Crippen LogP) is 7.88. The Kier molecular flexibility index (Phi) is 9.95. The first-order chi connectivity index (χ1) is 21.0. The van der Waals surface area contributed by atoms with E-state index in [1.54, 1.807) is 4.68 Å². The van der Waals surface area contributed by atoms with Gasteiger partial charge in [-0.1, -0.05) is 32.0 Å². The van der Waals surface area contributed by atoms with E-state index in [1.165, 1.54) is 0 Å². The maximum absolute atomic E-state index is 13.9. The highest BCUT2D eigenvalue weighted by atomic mass is 16.6. The molecule has 1 N–H and O–H groups in total. The molecule has 0 amide bonds. The summed E-state index contributed by atoms with van der Waals surface area (Å²) in [6.45, 7) is 19.6. The van der Waals surface area contributed by atoms with Gasteiger partial charge in [0.05, 0.1) is 35.1 Å². The van der Waals surface area contributed by atoms with Gasteiger partial charge in [-0.05, 0) is 104 Å². The van der Waals surface area contributed by atoms with E-state index in [9.17, 15) is 9.59 Å². The molecule has 1 aliphatic rings. The van der Waals surface area contributed by atoms with Crippen LogP contribution < -0.4 is 10.1 Å². The molecule has 0 atom stereocenters. The lowest BCUT2D eigenvalue weighted by Gasteiger charge is -2.33. The maximum atomic E-state index is 13.9. The summed E-state index contributed by atoms with van der Waals surface area (Å²) in [5.41, 5.74) is 3.33. The highest BCUT2D eigenvalue weighted by Crippen LogP contribution is 2.44. The van der Waals surface area contributed by atoms with Crippen LogP contribution in [-0.2, 0) is 19.1 Å². The summed E-state index contributed by atoms with van der Waals surface area (Å²) in [7, 11) is 0. The van der Waals surface area contributed by atoms with Crippen LogP contribution in [0.15, 0.2) is 83.3 Å². The molecular weight excluding hydrogens is 566 g/mol. The van der Waals surface area contributed by atoms with Crippen LogP contribution in [0.25, 0.3) is 16.9 Å². The summed E-state index contributed by atoms with van der Waals surface area (Å²) in [5.74, 6) is -0.534. The smallest absolute Gasteiger partial charge is 0.337 e. The van der Waals surface area contributed by atoms with Gasteiger partial charge in [-0.2, -0.15) is 5.10 Å². The number of para-hydroxylation sites is 1. The molecule has 0 saturated heterocycles. The van der Waals surface area contributed by atoms with Gasteiger partial charge in [0.2, 0.25) is 0 Å². The third-order valence-electron chi connectivity index (χ3n) is 7.16. The molecule has 0 spiro atoms. The first-order valence-electron chi connectivity index (χ1n) is 15.6. The van der Waals surface area contributed by atoms with Crippen LogP contribution in [0.5, 0.6) is 5.75 Å². The second kappa shape index (κ2) is 13.3. The van der Waals surface area contributed by atoms with Gasteiger partial charge in [0.15, 0.2) is 0 Å². The Bertz CT molecular complexity index is 1530. The number of hydrogen-bond donors (Lipinski definition) is 1. The molecule has 0 saturated carbocycles. The molecule has 0 unspecified atom stereocenters. The van der Waals surface area contributed by atoms with Crippen molar-refractivity contribution in [3.8, 4) is 22.7 Å². The Balaban J connectivity index is 1.93. The molecule has 3 aromatic rings. The molecular formula is C37H47N3O5. The zero-order valence-corrected chi connectivity index (χ0v) is 28.3. The fourth-order valence-electron chi connectivity index (χ4n) is 5.17. The zero-order chi connectivity index (χ0) is 33.1. The minimum absolute atomic E-state index is 0.332. The molecule has 8 heteroatoms. The second-order valence-corrected chi connectivity index (χ2v) is 13.9. The van der Waals surface area contributed by atoms with Crippen molar-refractivity contribution in [3.63, 3.8) is 0 Å². The van der Waals surface area contributed by atoms with Crippen molar-refractivity contribution in [2.75, 3.05) is 6.61 Å². The molecule has 1 aromatic heterocycles. The van der Waals surface area contributed by atoms with Gasteiger partial charge < -0.3 is 19.5 Å². The Morgan fingerprint density at radius 2 is 1.38 bits per heavy atom. The number of rotatable bonds is 9. The number of hydrogen-bond acceptors (Lipinski definition) is 7. The second-order valence-electron chi connectivity index (χ2n) is 13.9. The van der Waals surface area contributed by atoms with E-state index in [4.69, 9.17) is 19.3 Å². The van der Waals surface area contributed by atoms with Crippen LogP contribution >= 0.6 is 0 Å². The van der Waals surface area contributed by atoms with Crippen molar-refractivity contribution < 1.29 is 23.8 Å². The Hall–Kier alpha value is -4.33. The zero-order valence-electron chi connectivity index (χ0n) is 28.3. The molecule has 0 radical (unpaired) electrons. The monoisotopic (exact) mass is 613 g/mol. The average Bonchev–Trinajstić information content (AvgIpc) is 3.36. The van der Waals surface area contributed by atoms with E-state index >= 15 is 0 Å². The predicted molar refractivity (Wildman–Crippen MR) is 177 cm³/mol. The molecule has 4 rings (SSSR count). The van der Waals surface area contributed by atoms with Crippen molar-refractivity contribution in [3.05, 3.63) is 88.9 Å². The van der Waals surface area contributed by atoms with Gasteiger partial charge in [0.1, 0.15) is 17.0 Å². The first kappa shape index (κ1) is 33.6. The number of esters is 2. The van der Waals surface area contributed by atoms with Crippen LogP contribution in [-0.4, -0.2) is 39.5 Å². The molecule has 240 valence electrons. The molecule has 1 aliphatic heterocycles. The summed E-state index contributed by atoms with van der Waals surface area (Å²) in [6.07, 6.45) is 2.85. The number of nitrogens with zero attached hydrogens (tertiary/aromatic N) is 2. The quantitative estimate of drug-likeness (QED) is 0.246. The summed E-state index contributed by atoms with van der Waals surface area (Å²) >= 11 is 0. The van der Waals surface area contributed by atoms with Crippen LogP contribution in [0.1, 0.15) is 87.1 Å². The van der Waals surface area contributed by atoms with Crippen molar-refractivity contribution in [1.29, 1.82) is 0 Å². The average molecular weight is 614 g/mol. The third-order valence-corrected chi connectivity index (χ3v) is 7.16. The molecule has 2 aromatic carbocycles. The van der Waals surface area contributed by atoms with E-state index in [0.29, 0.717) is 46.3 Å². The summed E-state index contributed by atoms with van der Waals surface area (Å²) in [5, 5.41) is 8.29. The van der Waals surface area contributed by atoms with Gasteiger partial charge in [0, 0.05) is 28.7 Å². The van der Waals surface area contributed by atoms with Crippen molar-refractivity contribution >= 4 is 11.9 Å². The van der Waals surface area contributed by atoms with Crippen LogP contribution in [0.2, 0.25) is 0 Å². The highest BCUT2D eigenvalue weighted by molar-refractivity contribution is 6.00. The minimum atomic E-state index is -0.814. The number of aromatic nitrogens is 2. The molecule has 0 bridgehead atoms. The molecule has 0 fully saturated rings. The van der Waals surface area contributed by atoms with E-state index in [1.807, 2.05) is 116 Å². The lowest BCUT2D eigenvalue weighted by Crippen LogP contribution is -2.36.